The van der Waals surface area contributed by atoms with Crippen LogP contribution in [0.1, 0.15) is 138 Å². The van der Waals surface area contributed by atoms with E-state index in [0.717, 1.165) is 111 Å². The number of hydrogen-bond acceptors (Lipinski definition) is 17. The highest BCUT2D eigenvalue weighted by Crippen LogP contribution is 2.61. The van der Waals surface area contributed by atoms with Gasteiger partial charge in [-0.15, -0.1) is 0 Å². The molecule has 6 aliphatic rings. The van der Waals surface area contributed by atoms with Crippen LogP contribution >= 0.6 is 0 Å². The lowest BCUT2D eigenvalue weighted by atomic mass is 9.90. The Labute approximate surface area is 511 Å². The number of nitrogens with one attached hydrogen (secondary N) is 3. The van der Waals surface area contributed by atoms with Crippen molar-refractivity contribution in [1.82, 2.24) is 65.9 Å². The van der Waals surface area contributed by atoms with Crippen molar-refractivity contribution in [2.75, 3.05) is 58.9 Å². The van der Waals surface area contributed by atoms with Gasteiger partial charge in [-0.2, -0.15) is 0 Å². The molecule has 23 heteroatoms. The Balaban J connectivity index is 0.000000123. The van der Waals surface area contributed by atoms with Crippen LogP contribution in [0.2, 0.25) is 0 Å². The normalized spacial score (nSPS) is 19.9. The van der Waals surface area contributed by atoms with E-state index in [-0.39, 0.29) is 51.7 Å². The minimum absolute atomic E-state index is 0.0697. The average Bonchev–Trinajstić information content (AvgIpc) is 1.64. The van der Waals surface area contributed by atoms with Crippen LogP contribution in [0, 0.1) is 54.8 Å². The van der Waals surface area contributed by atoms with E-state index < -0.39 is 0 Å². The highest BCUT2D eigenvalue weighted by atomic mass is 16.6. The van der Waals surface area contributed by atoms with E-state index in [1.165, 1.54) is 0 Å². The Morgan fingerprint density at radius 2 is 0.865 bits per heavy atom. The summed E-state index contributed by atoms with van der Waals surface area (Å²) in [4.78, 5) is 102. The maximum Gasteiger partial charge on any atom is 0.287 e. The first-order valence-electron chi connectivity index (χ1n) is 30.5. The van der Waals surface area contributed by atoms with E-state index in [2.05, 4.69) is 55.8 Å². The maximum absolute atomic E-state index is 12.8. The van der Waals surface area contributed by atoms with Gasteiger partial charge in [0, 0.05) is 118 Å². The third-order valence-corrected chi connectivity index (χ3v) is 19.7. The number of carbonyl (C=O) groups is 6. The monoisotopic (exact) mass is 1200 g/mol. The quantitative estimate of drug-likeness (QED) is 0.103. The maximum atomic E-state index is 12.8. The van der Waals surface area contributed by atoms with Gasteiger partial charge in [-0.3, -0.25) is 53.7 Å². The molecule has 9 aromatic rings. The van der Waals surface area contributed by atoms with Crippen molar-refractivity contribution in [3.63, 3.8) is 0 Å². The van der Waals surface area contributed by atoms with Crippen molar-refractivity contribution in [3.05, 3.63) is 161 Å². The fourth-order valence-corrected chi connectivity index (χ4v) is 13.7. The molecule has 12 heterocycles. The zero-order chi connectivity index (χ0) is 61.4. The topological polar surface area (TPSA) is 291 Å². The lowest BCUT2D eigenvalue weighted by Crippen LogP contribution is -2.40. The van der Waals surface area contributed by atoms with Crippen molar-refractivity contribution in [3.8, 4) is 0 Å². The number of hydrogen-bond donors (Lipinski definition) is 3. The molecule has 23 nitrogen and oxygen atoms in total. The summed E-state index contributed by atoms with van der Waals surface area (Å²) in [5.41, 5.74) is 6.50. The predicted octanol–water partition coefficient (Wildman–Crippen LogP) is 8.60. The van der Waals surface area contributed by atoms with Crippen molar-refractivity contribution in [2.45, 2.75) is 78.6 Å². The number of rotatable bonds is 12. The van der Waals surface area contributed by atoms with Gasteiger partial charge in [0.05, 0.1) is 29.7 Å². The van der Waals surface area contributed by atoms with Crippen molar-refractivity contribution in [1.29, 1.82) is 0 Å². The summed E-state index contributed by atoms with van der Waals surface area (Å²) in [6, 6.07) is 16.2. The number of likely N-dealkylation sites (tertiary alicyclic amines) is 3. The Kier molecular flexibility index (Phi) is 15.8. The van der Waals surface area contributed by atoms with E-state index in [4.69, 9.17) is 13.3 Å². The van der Waals surface area contributed by atoms with Crippen molar-refractivity contribution < 1.29 is 46.6 Å². The van der Waals surface area contributed by atoms with Gasteiger partial charge in [0.15, 0.2) is 39.7 Å². The summed E-state index contributed by atoms with van der Waals surface area (Å²) in [5, 5.41) is 19.0. The Bertz CT molecular complexity index is 3870. The van der Waals surface area contributed by atoms with Crippen LogP contribution in [0.4, 0.5) is 0 Å². The number of nitrogens with zero attached hydrogens (tertiary/aromatic N) is 10. The lowest BCUT2D eigenvalue weighted by Gasteiger charge is -2.33. The SMILES string of the molecule is Cc1ccncc1C(=O)N1CCC2(CC1)CC2CNC(=O)c1cc2ccncc2o1.Cc1ncccc1C(=O)N1CCC2(CC1)CC2CNC(=O)c1cc2ccncc2o1.Cc1nonc1C(=O)N1CCC2(CC1)CC2CNC(=O)c1cc2ccncc2o1. The Hall–Kier alpha value is -9.67. The molecule has 9 aromatic heterocycles. The third kappa shape index (κ3) is 12.2. The van der Waals surface area contributed by atoms with Gasteiger partial charge in [-0.1, -0.05) is 5.16 Å². The number of fused-ring (bicyclic) bond motifs is 3. The van der Waals surface area contributed by atoms with Gasteiger partial charge in [-0.05, 0) is 178 Å². The molecule has 89 heavy (non-hydrogen) atoms. The second-order valence-electron chi connectivity index (χ2n) is 24.9. The Morgan fingerprint density at radius 3 is 1.25 bits per heavy atom. The zero-order valence-corrected chi connectivity index (χ0v) is 49.9. The third-order valence-electron chi connectivity index (χ3n) is 19.7. The highest BCUT2D eigenvalue weighted by molar-refractivity contribution is 5.98. The molecular formula is C66H69N13O10. The van der Waals surface area contributed by atoms with Crippen LogP contribution in [0.3, 0.4) is 0 Å². The molecule has 458 valence electrons. The van der Waals surface area contributed by atoms with Crippen LogP contribution in [0.15, 0.2) is 128 Å². The minimum atomic E-state index is -0.204. The van der Waals surface area contributed by atoms with Gasteiger partial charge in [0.25, 0.3) is 35.4 Å². The van der Waals surface area contributed by atoms with Crippen molar-refractivity contribution in [2.24, 2.45) is 34.0 Å². The van der Waals surface area contributed by atoms with Gasteiger partial charge >= 0.3 is 0 Å². The number of aryl methyl sites for hydroxylation is 3. The number of carbonyl (C=O) groups excluding carboxylic acids is 6. The first-order valence-corrected chi connectivity index (χ1v) is 30.5. The lowest BCUT2D eigenvalue weighted by molar-refractivity contribution is 0.0651. The fourth-order valence-electron chi connectivity index (χ4n) is 13.7. The van der Waals surface area contributed by atoms with E-state index in [0.29, 0.717) is 107 Å². The van der Waals surface area contributed by atoms with E-state index in [9.17, 15) is 28.8 Å². The number of piperidine rings is 3. The number of furan rings is 3. The molecule has 0 aromatic carbocycles. The molecule has 6 fully saturated rings. The first-order chi connectivity index (χ1) is 43.2. The molecule has 3 saturated heterocycles. The molecule has 3 unspecified atom stereocenters. The summed E-state index contributed by atoms with van der Waals surface area (Å²) >= 11 is 0. The number of aromatic nitrogens is 7. The summed E-state index contributed by atoms with van der Waals surface area (Å²) in [6.45, 7) is 11.8. The molecule has 3 N–H and O–H groups in total. The molecule has 15 rings (SSSR count). The van der Waals surface area contributed by atoms with Gasteiger partial charge in [-0.25, -0.2) is 4.63 Å². The molecule has 0 bridgehead atoms. The van der Waals surface area contributed by atoms with E-state index in [1.54, 1.807) is 80.9 Å². The molecule has 6 amide bonds. The highest BCUT2D eigenvalue weighted by Gasteiger charge is 2.57. The second-order valence-corrected chi connectivity index (χ2v) is 24.9. The summed E-state index contributed by atoms with van der Waals surface area (Å²) in [7, 11) is 0. The van der Waals surface area contributed by atoms with Crippen LogP contribution in [-0.4, -0.2) is 144 Å². The first kappa shape index (κ1) is 58.4. The summed E-state index contributed by atoms with van der Waals surface area (Å²) in [5.74, 6) is 1.74. The summed E-state index contributed by atoms with van der Waals surface area (Å²) < 4.78 is 21.4. The summed E-state index contributed by atoms with van der Waals surface area (Å²) in [6.07, 6.45) is 24.0. The average molecular weight is 1200 g/mol. The second kappa shape index (κ2) is 24.1. The van der Waals surface area contributed by atoms with Crippen LogP contribution in [-0.2, 0) is 0 Å². The van der Waals surface area contributed by atoms with Gasteiger partial charge in [0.1, 0.15) is 5.69 Å². The molecule has 3 aliphatic heterocycles. The molecule has 3 spiro atoms. The van der Waals surface area contributed by atoms with E-state index >= 15 is 0 Å². The zero-order valence-electron chi connectivity index (χ0n) is 49.9. The van der Waals surface area contributed by atoms with Crippen LogP contribution in [0.25, 0.3) is 32.9 Å². The largest absolute Gasteiger partial charge is 0.449 e. The van der Waals surface area contributed by atoms with Crippen LogP contribution in [0.5, 0.6) is 0 Å². The van der Waals surface area contributed by atoms with Gasteiger partial charge < -0.3 is 43.9 Å². The van der Waals surface area contributed by atoms with Gasteiger partial charge in [0.2, 0.25) is 0 Å². The van der Waals surface area contributed by atoms with Crippen molar-refractivity contribution >= 4 is 68.4 Å². The molecular weight excluding hydrogens is 1130 g/mol. The van der Waals surface area contributed by atoms with Crippen LogP contribution < -0.4 is 16.0 Å². The molecule has 0 radical (unpaired) electrons. The minimum Gasteiger partial charge on any atom is -0.449 e. The smallest absolute Gasteiger partial charge is 0.287 e. The molecule has 3 saturated carbocycles. The number of amides is 6. The van der Waals surface area contributed by atoms with E-state index in [1.807, 2.05) is 64.9 Å². The molecule has 3 aliphatic carbocycles. The standard InChI is InChI=1S/2C23H24N4O3.C20H21N5O4/c1-15-2-6-24-13-18(15)22(29)27-8-4-23(5-9-27)11-17(23)12-26-21(28)19-10-16-3-7-25-14-20(16)30-19;1-15-18(3-2-7-25-15)22(29)27-9-5-23(6-10-27)12-17(23)13-26-21(28)19-11-16-4-8-24-14-20(16)30-19;1-12-17(24-29-23-12)19(27)25-6-3-20(4-7-25)9-14(20)10-22-18(26)15-8-13-2-5-21-11-16(13)28-15/h2-3,6-7,10,13-14,17H,4-5,8-9,11-12H2,1H3,(H,26,28);2-4,7-8,11,14,17H,5-6,9-10,12-13H2,1H3,(H,26,28);2,5,8,11,14H,3-4,6-7,9-10H2,1H3,(H,22,26). The Morgan fingerprint density at radius 1 is 0.472 bits per heavy atom. The molecule has 3 atom stereocenters. The predicted molar refractivity (Wildman–Crippen MR) is 323 cm³/mol. The number of pyridine rings is 5. The fraction of sp³-hybridized carbons (Fsp3) is 0.409.